The zero-order chi connectivity index (χ0) is 22.5. The number of carbonyl (C=O) groups is 1. The van der Waals surface area contributed by atoms with Crippen LogP contribution in [-0.2, 0) is 24.2 Å². The van der Waals surface area contributed by atoms with Crippen LogP contribution < -0.4 is 10.9 Å². The lowest BCUT2D eigenvalue weighted by atomic mass is 10.1. The standard InChI is InChI=1S/C25H27N5O2/c1-3-19-11-13-21(14-12-19)22-16-23-25(32)29(27-18(2)30(23)28-22)17-24(31)26-15-7-10-20-8-5-4-6-9-20/h4-6,8-9,11-14,16H,3,7,10,15,17H2,1-2H3,(H,26,31). The Morgan fingerprint density at radius 1 is 1.00 bits per heavy atom. The van der Waals surface area contributed by atoms with Crippen LogP contribution in [0, 0.1) is 6.92 Å². The van der Waals surface area contributed by atoms with Crippen LogP contribution in [0.2, 0.25) is 0 Å². The van der Waals surface area contributed by atoms with E-state index in [1.54, 1.807) is 17.5 Å². The van der Waals surface area contributed by atoms with E-state index < -0.39 is 0 Å². The third kappa shape index (κ3) is 4.77. The van der Waals surface area contributed by atoms with Crippen LogP contribution in [0.5, 0.6) is 0 Å². The van der Waals surface area contributed by atoms with Crippen molar-refractivity contribution in [1.82, 2.24) is 24.7 Å². The quantitative estimate of drug-likeness (QED) is 0.436. The van der Waals surface area contributed by atoms with Crippen LogP contribution in [0.1, 0.15) is 30.3 Å². The zero-order valence-corrected chi connectivity index (χ0v) is 18.4. The summed E-state index contributed by atoms with van der Waals surface area (Å²) in [6, 6.07) is 20.0. The Morgan fingerprint density at radius 2 is 1.75 bits per heavy atom. The average Bonchev–Trinajstić information content (AvgIpc) is 3.27. The molecule has 0 aliphatic rings. The molecule has 32 heavy (non-hydrogen) atoms. The Kier molecular flexibility index (Phi) is 6.44. The van der Waals surface area contributed by atoms with Crippen LogP contribution in [0.3, 0.4) is 0 Å². The molecule has 1 amide bonds. The molecule has 4 rings (SSSR count). The Morgan fingerprint density at radius 3 is 2.47 bits per heavy atom. The fraction of sp³-hybridized carbons (Fsp3) is 0.280. The summed E-state index contributed by atoms with van der Waals surface area (Å²) in [7, 11) is 0. The second-order valence-corrected chi connectivity index (χ2v) is 7.83. The van der Waals surface area contributed by atoms with E-state index in [4.69, 9.17) is 0 Å². The number of rotatable bonds is 8. The number of aromatic nitrogens is 4. The van der Waals surface area contributed by atoms with Gasteiger partial charge < -0.3 is 5.32 Å². The normalized spacial score (nSPS) is 11.1. The van der Waals surface area contributed by atoms with Gasteiger partial charge in [-0.1, -0.05) is 61.5 Å². The summed E-state index contributed by atoms with van der Waals surface area (Å²) < 4.78 is 2.75. The summed E-state index contributed by atoms with van der Waals surface area (Å²) >= 11 is 0. The molecule has 164 valence electrons. The SMILES string of the molecule is CCc1ccc(-c2cc3c(=O)n(CC(=O)NCCCc4ccccc4)nc(C)n3n2)cc1. The number of aryl methyl sites for hydroxylation is 3. The highest BCUT2D eigenvalue weighted by atomic mass is 16.2. The number of amides is 1. The Bertz CT molecular complexity index is 1270. The molecule has 0 saturated carbocycles. The van der Waals surface area contributed by atoms with Gasteiger partial charge in [-0.05, 0) is 43.4 Å². The van der Waals surface area contributed by atoms with Crippen molar-refractivity contribution in [1.29, 1.82) is 0 Å². The van der Waals surface area contributed by atoms with Gasteiger partial charge in [0.2, 0.25) is 5.91 Å². The number of hydrogen-bond acceptors (Lipinski definition) is 4. The van der Waals surface area contributed by atoms with E-state index in [9.17, 15) is 9.59 Å². The molecule has 2 aromatic heterocycles. The van der Waals surface area contributed by atoms with Crippen molar-refractivity contribution >= 4 is 11.4 Å². The van der Waals surface area contributed by atoms with Crippen molar-refractivity contribution in [2.24, 2.45) is 0 Å². The summed E-state index contributed by atoms with van der Waals surface area (Å²) in [5.74, 6) is 0.319. The maximum absolute atomic E-state index is 12.9. The molecule has 4 aromatic rings. The van der Waals surface area contributed by atoms with Gasteiger partial charge in [-0.2, -0.15) is 10.2 Å². The van der Waals surface area contributed by atoms with Crippen molar-refractivity contribution in [2.45, 2.75) is 39.7 Å². The third-order valence-corrected chi connectivity index (χ3v) is 5.49. The number of nitrogens with one attached hydrogen (secondary N) is 1. The van der Waals surface area contributed by atoms with E-state index >= 15 is 0 Å². The molecule has 0 spiro atoms. The predicted molar refractivity (Wildman–Crippen MR) is 125 cm³/mol. The molecule has 2 aromatic carbocycles. The first-order valence-electron chi connectivity index (χ1n) is 10.9. The van der Waals surface area contributed by atoms with Crippen molar-refractivity contribution in [3.05, 3.63) is 88.0 Å². The van der Waals surface area contributed by atoms with Gasteiger partial charge in [0.25, 0.3) is 5.56 Å². The second-order valence-electron chi connectivity index (χ2n) is 7.83. The Balaban J connectivity index is 1.45. The van der Waals surface area contributed by atoms with Crippen molar-refractivity contribution < 1.29 is 4.79 Å². The molecule has 1 N–H and O–H groups in total. The number of benzene rings is 2. The molecule has 0 fully saturated rings. The fourth-order valence-corrected chi connectivity index (χ4v) is 3.69. The summed E-state index contributed by atoms with van der Waals surface area (Å²) in [5, 5.41) is 11.7. The highest BCUT2D eigenvalue weighted by Gasteiger charge is 2.14. The summed E-state index contributed by atoms with van der Waals surface area (Å²) in [6.07, 6.45) is 2.69. The lowest BCUT2D eigenvalue weighted by molar-refractivity contribution is -0.121. The molecule has 0 radical (unpaired) electrons. The van der Waals surface area contributed by atoms with Gasteiger partial charge in [0.1, 0.15) is 17.9 Å². The van der Waals surface area contributed by atoms with E-state index in [1.807, 2.05) is 30.3 Å². The highest BCUT2D eigenvalue weighted by molar-refractivity contribution is 5.75. The van der Waals surface area contributed by atoms with Crippen molar-refractivity contribution in [2.75, 3.05) is 6.54 Å². The summed E-state index contributed by atoms with van der Waals surface area (Å²) in [5.41, 5.74) is 4.20. The highest BCUT2D eigenvalue weighted by Crippen LogP contribution is 2.19. The van der Waals surface area contributed by atoms with E-state index in [0.29, 0.717) is 23.6 Å². The number of fused-ring (bicyclic) bond motifs is 1. The molecule has 0 aliphatic carbocycles. The number of nitrogens with zero attached hydrogens (tertiary/aromatic N) is 4. The maximum Gasteiger partial charge on any atom is 0.293 e. The largest absolute Gasteiger partial charge is 0.354 e. The van der Waals surface area contributed by atoms with Gasteiger partial charge in [-0.15, -0.1) is 0 Å². The lowest BCUT2D eigenvalue weighted by Crippen LogP contribution is -2.35. The van der Waals surface area contributed by atoms with E-state index in [1.165, 1.54) is 15.8 Å². The summed E-state index contributed by atoms with van der Waals surface area (Å²) in [4.78, 5) is 25.3. The smallest absolute Gasteiger partial charge is 0.293 e. The second kappa shape index (κ2) is 9.60. The third-order valence-electron chi connectivity index (χ3n) is 5.49. The summed E-state index contributed by atoms with van der Waals surface area (Å²) in [6.45, 7) is 4.32. The van der Waals surface area contributed by atoms with Gasteiger partial charge in [-0.3, -0.25) is 9.59 Å². The topological polar surface area (TPSA) is 81.3 Å². The van der Waals surface area contributed by atoms with Crippen molar-refractivity contribution in [3.8, 4) is 11.3 Å². The van der Waals surface area contributed by atoms with Crippen molar-refractivity contribution in [3.63, 3.8) is 0 Å². The molecule has 7 heteroatoms. The van der Waals surface area contributed by atoms with Crippen LogP contribution in [0.25, 0.3) is 16.8 Å². The van der Waals surface area contributed by atoms with Gasteiger partial charge in [0.15, 0.2) is 0 Å². The molecule has 0 atom stereocenters. The van der Waals surface area contributed by atoms with Gasteiger partial charge >= 0.3 is 0 Å². The minimum atomic E-state index is -0.334. The molecule has 0 aliphatic heterocycles. The van der Waals surface area contributed by atoms with E-state index in [-0.39, 0.29) is 18.0 Å². The molecule has 0 bridgehead atoms. The molecule has 7 nitrogen and oxygen atoms in total. The minimum Gasteiger partial charge on any atom is -0.354 e. The lowest BCUT2D eigenvalue weighted by Gasteiger charge is -2.08. The van der Waals surface area contributed by atoms with Crippen LogP contribution >= 0.6 is 0 Å². The van der Waals surface area contributed by atoms with Gasteiger partial charge in [0.05, 0.1) is 5.69 Å². The minimum absolute atomic E-state index is 0.118. The molecule has 0 unspecified atom stereocenters. The van der Waals surface area contributed by atoms with Crippen LogP contribution in [0.15, 0.2) is 65.5 Å². The molecular weight excluding hydrogens is 402 g/mol. The van der Waals surface area contributed by atoms with Crippen LogP contribution in [-0.4, -0.2) is 31.8 Å². The predicted octanol–water partition coefficient (Wildman–Crippen LogP) is 3.18. The molecule has 0 saturated heterocycles. The van der Waals surface area contributed by atoms with Gasteiger partial charge in [-0.25, -0.2) is 9.20 Å². The fourth-order valence-electron chi connectivity index (χ4n) is 3.69. The first kappa shape index (κ1) is 21.5. The van der Waals surface area contributed by atoms with Crippen LogP contribution in [0.4, 0.5) is 0 Å². The van der Waals surface area contributed by atoms with Gasteiger partial charge in [0, 0.05) is 12.1 Å². The molecule has 2 heterocycles. The first-order chi connectivity index (χ1) is 15.5. The maximum atomic E-state index is 12.9. The Labute approximate surface area is 186 Å². The molecular formula is C25H27N5O2. The monoisotopic (exact) mass is 429 g/mol. The first-order valence-corrected chi connectivity index (χ1v) is 10.9. The Hall–Kier alpha value is -3.74. The average molecular weight is 430 g/mol. The zero-order valence-electron chi connectivity index (χ0n) is 18.4. The van der Waals surface area contributed by atoms with E-state index in [0.717, 1.165) is 24.8 Å². The van der Waals surface area contributed by atoms with E-state index in [2.05, 4.69) is 46.7 Å². The number of hydrogen-bond donors (Lipinski definition) is 1. The number of carbonyl (C=O) groups excluding carboxylic acids is 1.